The van der Waals surface area contributed by atoms with Crippen LogP contribution in [0.2, 0.25) is 0 Å². The van der Waals surface area contributed by atoms with Crippen molar-refractivity contribution in [2.24, 2.45) is 0 Å². The number of carbonyl (C=O) groups is 1. The Bertz CT molecular complexity index is 606. The molecule has 0 spiro atoms. The van der Waals surface area contributed by atoms with Crippen molar-refractivity contribution < 1.29 is 4.79 Å². The number of amides is 1. The number of hydrogen-bond donors (Lipinski definition) is 2. The van der Waals surface area contributed by atoms with E-state index in [4.69, 9.17) is 0 Å². The summed E-state index contributed by atoms with van der Waals surface area (Å²) in [4.78, 5) is 16.2. The van der Waals surface area contributed by atoms with Crippen LogP contribution in [0.15, 0.2) is 36.5 Å². The predicted molar refractivity (Wildman–Crippen MR) is 82.3 cm³/mol. The minimum atomic E-state index is -0.198. The largest absolute Gasteiger partial charge is 0.384 e. The van der Waals surface area contributed by atoms with E-state index < -0.39 is 0 Å². The quantitative estimate of drug-likeness (QED) is 0.894. The van der Waals surface area contributed by atoms with Gasteiger partial charge in [0.1, 0.15) is 5.69 Å². The van der Waals surface area contributed by atoms with E-state index in [0.717, 1.165) is 23.5 Å². The van der Waals surface area contributed by atoms with Crippen LogP contribution in [0.1, 0.15) is 28.5 Å². The molecule has 1 amide bonds. The molecule has 0 saturated heterocycles. The van der Waals surface area contributed by atoms with E-state index in [0.29, 0.717) is 5.69 Å². The fourth-order valence-electron chi connectivity index (χ4n) is 1.85. The molecule has 2 aromatic rings. The first-order valence-electron chi connectivity index (χ1n) is 6.68. The molecule has 0 aliphatic heterocycles. The maximum Gasteiger partial charge on any atom is 0.274 e. The molecule has 0 aliphatic carbocycles. The number of carbonyl (C=O) groups excluding carboxylic acids is 1. The van der Waals surface area contributed by atoms with E-state index in [9.17, 15) is 4.79 Å². The number of rotatable bonds is 4. The molecule has 1 aromatic carbocycles. The molecule has 0 saturated carbocycles. The number of aromatic nitrogens is 1. The third kappa shape index (κ3) is 3.35. The molecule has 0 bridgehead atoms. The van der Waals surface area contributed by atoms with Gasteiger partial charge in [0.25, 0.3) is 5.91 Å². The van der Waals surface area contributed by atoms with Gasteiger partial charge in [-0.1, -0.05) is 6.07 Å². The number of nitrogens with one attached hydrogen (secondary N) is 2. The third-order valence-corrected chi connectivity index (χ3v) is 3.14. The van der Waals surface area contributed by atoms with Crippen LogP contribution >= 0.6 is 0 Å². The lowest BCUT2D eigenvalue weighted by atomic mass is 10.1. The van der Waals surface area contributed by atoms with E-state index in [1.165, 1.54) is 5.56 Å². The Hall–Kier alpha value is -2.36. The average Bonchev–Trinajstić information content (AvgIpc) is 2.44. The molecule has 1 aromatic heterocycles. The molecule has 20 heavy (non-hydrogen) atoms. The number of nitrogens with zero attached hydrogens (tertiary/aromatic N) is 1. The Morgan fingerprint density at radius 3 is 2.45 bits per heavy atom. The van der Waals surface area contributed by atoms with Gasteiger partial charge in [-0.05, 0) is 56.2 Å². The van der Waals surface area contributed by atoms with E-state index in [1.54, 1.807) is 12.3 Å². The lowest BCUT2D eigenvalue weighted by Crippen LogP contribution is -2.14. The normalized spacial score (nSPS) is 10.2. The molecular formula is C16H19N3O. The molecule has 4 nitrogen and oxygen atoms in total. The highest BCUT2D eigenvalue weighted by Crippen LogP contribution is 2.15. The Kier molecular flexibility index (Phi) is 4.35. The number of anilines is 2. The number of pyridine rings is 1. The molecule has 2 rings (SSSR count). The number of benzene rings is 1. The molecule has 0 fully saturated rings. The third-order valence-electron chi connectivity index (χ3n) is 3.14. The fraction of sp³-hybridized carbons (Fsp3) is 0.250. The SMILES string of the molecule is CCNc1ccc(C(=O)Nc2ccc(C)c(C)c2)nc1. The van der Waals surface area contributed by atoms with Crippen molar-refractivity contribution in [2.45, 2.75) is 20.8 Å². The van der Waals surface area contributed by atoms with E-state index in [2.05, 4.69) is 15.6 Å². The lowest BCUT2D eigenvalue weighted by molar-refractivity contribution is 0.102. The summed E-state index contributed by atoms with van der Waals surface area (Å²) in [5, 5.41) is 6.00. The molecule has 4 heteroatoms. The van der Waals surface area contributed by atoms with Gasteiger partial charge < -0.3 is 10.6 Å². The van der Waals surface area contributed by atoms with Crippen molar-refractivity contribution in [2.75, 3.05) is 17.2 Å². The van der Waals surface area contributed by atoms with Crippen LogP contribution in [0.5, 0.6) is 0 Å². The Morgan fingerprint density at radius 2 is 1.85 bits per heavy atom. The topological polar surface area (TPSA) is 54.0 Å². The smallest absolute Gasteiger partial charge is 0.274 e. The van der Waals surface area contributed by atoms with Gasteiger partial charge in [-0.3, -0.25) is 4.79 Å². The van der Waals surface area contributed by atoms with Crippen molar-refractivity contribution in [3.05, 3.63) is 53.3 Å². The summed E-state index contributed by atoms with van der Waals surface area (Å²) in [5.41, 5.74) is 4.46. The summed E-state index contributed by atoms with van der Waals surface area (Å²) in [6.07, 6.45) is 1.67. The molecule has 0 unspecified atom stereocenters. The van der Waals surface area contributed by atoms with Crippen LogP contribution in [0, 0.1) is 13.8 Å². The summed E-state index contributed by atoms with van der Waals surface area (Å²) < 4.78 is 0. The summed E-state index contributed by atoms with van der Waals surface area (Å²) in [6, 6.07) is 9.42. The summed E-state index contributed by atoms with van der Waals surface area (Å²) in [6.45, 7) is 6.91. The second-order valence-corrected chi connectivity index (χ2v) is 4.72. The fourth-order valence-corrected chi connectivity index (χ4v) is 1.85. The zero-order chi connectivity index (χ0) is 14.5. The highest BCUT2D eigenvalue weighted by molar-refractivity contribution is 6.03. The first-order chi connectivity index (χ1) is 9.60. The van der Waals surface area contributed by atoms with Crippen molar-refractivity contribution >= 4 is 17.3 Å². The van der Waals surface area contributed by atoms with Gasteiger partial charge in [0.2, 0.25) is 0 Å². The highest BCUT2D eigenvalue weighted by atomic mass is 16.1. The standard InChI is InChI=1S/C16H19N3O/c1-4-17-14-7-8-15(18-10-14)16(20)19-13-6-5-11(2)12(3)9-13/h5-10,17H,4H2,1-3H3,(H,19,20). The van der Waals surface area contributed by atoms with E-state index in [1.807, 2.05) is 45.0 Å². The Morgan fingerprint density at radius 1 is 1.10 bits per heavy atom. The monoisotopic (exact) mass is 269 g/mol. The summed E-state index contributed by atoms with van der Waals surface area (Å²) in [7, 11) is 0. The van der Waals surface area contributed by atoms with Gasteiger partial charge in [-0.15, -0.1) is 0 Å². The summed E-state index contributed by atoms with van der Waals surface area (Å²) >= 11 is 0. The van der Waals surface area contributed by atoms with Crippen LogP contribution in [0.3, 0.4) is 0 Å². The molecule has 2 N–H and O–H groups in total. The van der Waals surface area contributed by atoms with Crippen molar-refractivity contribution in [3.8, 4) is 0 Å². The minimum absolute atomic E-state index is 0.198. The Labute approximate surface area is 119 Å². The highest BCUT2D eigenvalue weighted by Gasteiger charge is 2.08. The first kappa shape index (κ1) is 14.1. The zero-order valence-electron chi connectivity index (χ0n) is 12.0. The van der Waals surface area contributed by atoms with Gasteiger partial charge in [-0.2, -0.15) is 0 Å². The van der Waals surface area contributed by atoms with Gasteiger partial charge in [0.15, 0.2) is 0 Å². The van der Waals surface area contributed by atoms with Gasteiger partial charge in [0, 0.05) is 12.2 Å². The maximum absolute atomic E-state index is 12.1. The van der Waals surface area contributed by atoms with Crippen molar-refractivity contribution in [1.29, 1.82) is 0 Å². The van der Waals surface area contributed by atoms with Crippen LogP contribution in [-0.4, -0.2) is 17.4 Å². The van der Waals surface area contributed by atoms with Gasteiger partial charge in [-0.25, -0.2) is 4.98 Å². The lowest BCUT2D eigenvalue weighted by Gasteiger charge is -2.08. The van der Waals surface area contributed by atoms with Gasteiger partial charge >= 0.3 is 0 Å². The average molecular weight is 269 g/mol. The zero-order valence-corrected chi connectivity index (χ0v) is 12.0. The predicted octanol–water partition coefficient (Wildman–Crippen LogP) is 3.38. The van der Waals surface area contributed by atoms with Crippen LogP contribution < -0.4 is 10.6 Å². The van der Waals surface area contributed by atoms with Crippen LogP contribution in [0.25, 0.3) is 0 Å². The van der Waals surface area contributed by atoms with E-state index >= 15 is 0 Å². The molecule has 1 heterocycles. The number of aryl methyl sites for hydroxylation is 2. The van der Waals surface area contributed by atoms with Crippen molar-refractivity contribution in [3.63, 3.8) is 0 Å². The second-order valence-electron chi connectivity index (χ2n) is 4.72. The molecule has 0 aliphatic rings. The Balaban J connectivity index is 2.09. The molecule has 104 valence electrons. The van der Waals surface area contributed by atoms with Crippen molar-refractivity contribution in [1.82, 2.24) is 4.98 Å². The van der Waals surface area contributed by atoms with Gasteiger partial charge in [0.05, 0.1) is 11.9 Å². The van der Waals surface area contributed by atoms with Crippen LogP contribution in [0.4, 0.5) is 11.4 Å². The second kappa shape index (κ2) is 6.19. The minimum Gasteiger partial charge on any atom is -0.384 e. The molecule has 0 atom stereocenters. The molecular weight excluding hydrogens is 250 g/mol. The maximum atomic E-state index is 12.1. The summed E-state index contributed by atoms with van der Waals surface area (Å²) in [5.74, 6) is -0.198. The number of hydrogen-bond acceptors (Lipinski definition) is 3. The van der Waals surface area contributed by atoms with Crippen LogP contribution in [-0.2, 0) is 0 Å². The molecule has 0 radical (unpaired) electrons. The first-order valence-corrected chi connectivity index (χ1v) is 6.68. The van der Waals surface area contributed by atoms with E-state index in [-0.39, 0.29) is 5.91 Å².